The van der Waals surface area contributed by atoms with Crippen LogP contribution in [0.25, 0.3) is 0 Å². The summed E-state index contributed by atoms with van der Waals surface area (Å²) in [5.41, 5.74) is 1.49. The lowest BCUT2D eigenvalue weighted by molar-refractivity contribution is -0.128. The standard InChI is InChI=1S/C23H27ClFN3O/c24-19-7-4-8-20(25)18(19)15-28-13-10-16(11-14-28)22(21-9-1-2-12-26-21)27-23(29)17-5-3-6-17/h1-2,4,7-9,12,16-17,22H,3,5-6,10-11,13-15H2,(H,27,29). The highest BCUT2D eigenvalue weighted by molar-refractivity contribution is 6.31. The maximum atomic E-state index is 14.1. The van der Waals surface area contributed by atoms with Gasteiger partial charge in [0.15, 0.2) is 0 Å². The molecule has 2 aliphatic rings. The quantitative estimate of drug-likeness (QED) is 0.740. The first-order chi connectivity index (χ1) is 14.1. The summed E-state index contributed by atoms with van der Waals surface area (Å²) in [6.45, 7) is 2.21. The number of nitrogens with one attached hydrogen (secondary N) is 1. The summed E-state index contributed by atoms with van der Waals surface area (Å²) in [5.74, 6) is 0.386. The molecule has 154 valence electrons. The summed E-state index contributed by atoms with van der Waals surface area (Å²) in [5, 5.41) is 3.76. The minimum absolute atomic E-state index is 0.0662. The number of nitrogens with zero attached hydrogens (tertiary/aromatic N) is 2. The number of aromatic nitrogens is 1. The van der Waals surface area contributed by atoms with E-state index >= 15 is 0 Å². The van der Waals surface area contributed by atoms with Gasteiger partial charge in [0.2, 0.25) is 5.91 Å². The van der Waals surface area contributed by atoms with E-state index < -0.39 is 0 Å². The molecule has 1 saturated carbocycles. The molecule has 2 fully saturated rings. The molecule has 0 bridgehead atoms. The number of amides is 1. The zero-order valence-electron chi connectivity index (χ0n) is 16.5. The number of carbonyl (C=O) groups excluding carboxylic acids is 1. The number of likely N-dealkylation sites (tertiary alicyclic amines) is 1. The van der Waals surface area contributed by atoms with Crippen molar-refractivity contribution in [3.8, 4) is 0 Å². The summed E-state index contributed by atoms with van der Waals surface area (Å²) in [7, 11) is 0. The molecule has 1 amide bonds. The maximum Gasteiger partial charge on any atom is 0.223 e. The first kappa shape index (κ1) is 20.3. The van der Waals surface area contributed by atoms with Crippen molar-refractivity contribution in [1.82, 2.24) is 15.2 Å². The van der Waals surface area contributed by atoms with E-state index in [0.717, 1.165) is 50.9 Å². The molecule has 0 spiro atoms. The van der Waals surface area contributed by atoms with E-state index in [2.05, 4.69) is 15.2 Å². The zero-order valence-corrected chi connectivity index (χ0v) is 17.2. The number of rotatable bonds is 6. The van der Waals surface area contributed by atoms with Gasteiger partial charge in [-0.05, 0) is 69.0 Å². The highest BCUT2D eigenvalue weighted by Crippen LogP contribution is 2.33. The van der Waals surface area contributed by atoms with Crippen LogP contribution in [-0.2, 0) is 11.3 Å². The van der Waals surface area contributed by atoms with Crippen LogP contribution in [0.5, 0.6) is 0 Å². The van der Waals surface area contributed by atoms with Gasteiger partial charge < -0.3 is 5.32 Å². The Hall–Kier alpha value is -1.98. The van der Waals surface area contributed by atoms with E-state index in [-0.39, 0.29) is 23.7 Å². The summed E-state index contributed by atoms with van der Waals surface area (Å²) < 4.78 is 14.1. The van der Waals surface area contributed by atoms with Crippen molar-refractivity contribution in [2.45, 2.75) is 44.7 Å². The topological polar surface area (TPSA) is 45.2 Å². The van der Waals surface area contributed by atoms with Crippen molar-refractivity contribution in [3.63, 3.8) is 0 Å². The van der Waals surface area contributed by atoms with E-state index in [0.29, 0.717) is 23.0 Å². The van der Waals surface area contributed by atoms with Crippen molar-refractivity contribution in [1.29, 1.82) is 0 Å². The van der Waals surface area contributed by atoms with E-state index in [4.69, 9.17) is 11.6 Å². The molecule has 4 nitrogen and oxygen atoms in total. The lowest BCUT2D eigenvalue weighted by atomic mass is 9.83. The van der Waals surface area contributed by atoms with Crippen LogP contribution in [0.3, 0.4) is 0 Å². The van der Waals surface area contributed by atoms with Crippen molar-refractivity contribution in [2.24, 2.45) is 11.8 Å². The third kappa shape index (κ3) is 4.78. The van der Waals surface area contributed by atoms with Crippen molar-refractivity contribution < 1.29 is 9.18 Å². The van der Waals surface area contributed by atoms with Gasteiger partial charge in [-0.3, -0.25) is 14.7 Å². The monoisotopic (exact) mass is 415 g/mol. The second kappa shape index (κ2) is 9.23. The van der Waals surface area contributed by atoms with Gasteiger partial charge in [0.05, 0.1) is 11.7 Å². The average Bonchev–Trinajstić information content (AvgIpc) is 2.69. The first-order valence-corrected chi connectivity index (χ1v) is 10.9. The Labute approximate surface area is 176 Å². The van der Waals surface area contributed by atoms with E-state index in [1.807, 2.05) is 18.2 Å². The second-order valence-electron chi connectivity index (χ2n) is 8.18. The first-order valence-electron chi connectivity index (χ1n) is 10.5. The smallest absolute Gasteiger partial charge is 0.223 e. The molecular weight excluding hydrogens is 389 g/mol. The molecule has 29 heavy (non-hydrogen) atoms. The minimum atomic E-state index is -0.251. The lowest BCUT2D eigenvalue weighted by Crippen LogP contribution is -2.43. The van der Waals surface area contributed by atoms with Crippen LogP contribution in [0.1, 0.15) is 49.4 Å². The number of halogens is 2. The highest BCUT2D eigenvalue weighted by atomic mass is 35.5. The average molecular weight is 416 g/mol. The number of benzene rings is 1. The lowest BCUT2D eigenvalue weighted by Gasteiger charge is -2.37. The van der Waals surface area contributed by atoms with Gasteiger partial charge in [0.25, 0.3) is 0 Å². The molecule has 1 saturated heterocycles. The van der Waals surface area contributed by atoms with Crippen LogP contribution in [-0.4, -0.2) is 28.9 Å². The summed E-state index contributed by atoms with van der Waals surface area (Å²) in [6.07, 6.45) is 6.76. The summed E-state index contributed by atoms with van der Waals surface area (Å²) >= 11 is 6.19. The van der Waals surface area contributed by atoms with Gasteiger partial charge in [-0.25, -0.2) is 4.39 Å². The van der Waals surface area contributed by atoms with Crippen molar-refractivity contribution in [3.05, 3.63) is 64.7 Å². The SMILES string of the molecule is O=C(NC(c1ccccn1)C1CCN(Cc2c(F)cccc2Cl)CC1)C1CCC1. The van der Waals surface area contributed by atoms with Gasteiger partial charge in [-0.1, -0.05) is 30.2 Å². The van der Waals surface area contributed by atoms with Gasteiger partial charge in [-0.2, -0.15) is 0 Å². The largest absolute Gasteiger partial charge is 0.347 e. The molecule has 1 unspecified atom stereocenters. The van der Waals surface area contributed by atoms with Crippen LogP contribution in [0.2, 0.25) is 5.02 Å². The molecular formula is C23H27ClFN3O. The number of hydrogen-bond acceptors (Lipinski definition) is 3. The summed E-state index contributed by atoms with van der Waals surface area (Å²) in [4.78, 5) is 19.4. The Morgan fingerprint density at radius 2 is 1.97 bits per heavy atom. The Kier molecular flexibility index (Phi) is 6.46. The Bertz CT molecular complexity index is 815. The molecule has 1 atom stereocenters. The Balaban J connectivity index is 1.41. The van der Waals surface area contributed by atoms with E-state index in [9.17, 15) is 9.18 Å². The highest BCUT2D eigenvalue weighted by Gasteiger charge is 2.33. The zero-order chi connectivity index (χ0) is 20.2. The van der Waals surface area contributed by atoms with Crippen molar-refractivity contribution in [2.75, 3.05) is 13.1 Å². The number of hydrogen-bond donors (Lipinski definition) is 1. The van der Waals surface area contributed by atoms with Gasteiger partial charge in [0.1, 0.15) is 5.82 Å². The Morgan fingerprint density at radius 1 is 1.17 bits per heavy atom. The Morgan fingerprint density at radius 3 is 2.59 bits per heavy atom. The van der Waals surface area contributed by atoms with E-state index in [1.165, 1.54) is 6.07 Å². The molecule has 1 aromatic heterocycles. The van der Waals surface area contributed by atoms with Crippen LogP contribution < -0.4 is 5.32 Å². The predicted octanol–water partition coefficient (Wildman–Crippen LogP) is 4.74. The molecule has 0 radical (unpaired) electrons. The number of pyridine rings is 1. The minimum Gasteiger partial charge on any atom is -0.347 e. The molecule has 2 heterocycles. The van der Waals surface area contributed by atoms with Crippen LogP contribution in [0.15, 0.2) is 42.6 Å². The third-order valence-corrected chi connectivity index (χ3v) is 6.68. The van der Waals surface area contributed by atoms with Crippen molar-refractivity contribution >= 4 is 17.5 Å². The molecule has 4 rings (SSSR count). The number of carbonyl (C=O) groups is 1. The van der Waals surface area contributed by atoms with Gasteiger partial charge in [0, 0.05) is 29.2 Å². The van der Waals surface area contributed by atoms with Crippen LogP contribution >= 0.6 is 11.6 Å². The maximum absolute atomic E-state index is 14.1. The number of piperidine rings is 1. The van der Waals surface area contributed by atoms with Crippen LogP contribution in [0, 0.1) is 17.7 Å². The fourth-order valence-electron chi connectivity index (χ4n) is 4.29. The molecule has 1 aromatic carbocycles. The third-order valence-electron chi connectivity index (χ3n) is 6.33. The van der Waals surface area contributed by atoms with Gasteiger partial charge in [-0.15, -0.1) is 0 Å². The molecule has 1 N–H and O–H groups in total. The normalized spacial score (nSPS) is 19.5. The predicted molar refractivity (Wildman–Crippen MR) is 112 cm³/mol. The fraction of sp³-hybridized carbons (Fsp3) is 0.478. The molecule has 1 aliphatic carbocycles. The molecule has 6 heteroatoms. The van der Waals surface area contributed by atoms with E-state index in [1.54, 1.807) is 18.3 Å². The fourth-order valence-corrected chi connectivity index (χ4v) is 4.51. The summed E-state index contributed by atoms with van der Waals surface area (Å²) in [6, 6.07) is 10.6. The molecule has 1 aliphatic heterocycles. The van der Waals surface area contributed by atoms with Gasteiger partial charge >= 0.3 is 0 Å². The molecule has 2 aromatic rings. The van der Waals surface area contributed by atoms with Crippen LogP contribution in [0.4, 0.5) is 4.39 Å². The second-order valence-corrected chi connectivity index (χ2v) is 8.59.